The van der Waals surface area contributed by atoms with Gasteiger partial charge in [0.15, 0.2) is 0 Å². The van der Waals surface area contributed by atoms with Gasteiger partial charge in [-0.05, 0) is 23.8 Å². The molecule has 1 aromatic rings. The first kappa shape index (κ1) is 14.4. The molecule has 0 spiro atoms. The van der Waals surface area contributed by atoms with Crippen LogP contribution in [0.25, 0.3) is 0 Å². The van der Waals surface area contributed by atoms with Crippen LogP contribution in [0.4, 0.5) is 5.69 Å². The fraction of sp³-hybridized carbons (Fsp3) is 0.500. The summed E-state index contributed by atoms with van der Waals surface area (Å²) in [6, 6.07) is 6.00. The summed E-state index contributed by atoms with van der Waals surface area (Å²) in [6.07, 6.45) is 0. The molecule has 1 rings (SSSR count). The summed E-state index contributed by atoms with van der Waals surface area (Å²) >= 11 is 3.43. The molecule has 96 valence electrons. The standard InChI is InChI=1S/C12H19BrN2O2/c1-17-7-5-15(4-6-16)12-3-2-11(13)8-10(12)9-14/h2-3,8,16H,4-7,9,14H2,1H3. The van der Waals surface area contributed by atoms with E-state index in [1.54, 1.807) is 7.11 Å². The van der Waals surface area contributed by atoms with Gasteiger partial charge in [0.2, 0.25) is 0 Å². The molecule has 0 saturated heterocycles. The fourth-order valence-electron chi connectivity index (χ4n) is 1.70. The molecule has 3 N–H and O–H groups in total. The minimum Gasteiger partial charge on any atom is -0.395 e. The lowest BCUT2D eigenvalue weighted by atomic mass is 10.1. The third-order valence-electron chi connectivity index (χ3n) is 2.54. The minimum atomic E-state index is 0.115. The van der Waals surface area contributed by atoms with Crippen molar-refractivity contribution in [2.45, 2.75) is 6.54 Å². The largest absolute Gasteiger partial charge is 0.395 e. The van der Waals surface area contributed by atoms with E-state index in [9.17, 15) is 0 Å². The van der Waals surface area contributed by atoms with Crippen molar-refractivity contribution in [1.82, 2.24) is 0 Å². The van der Waals surface area contributed by atoms with Gasteiger partial charge in [0.25, 0.3) is 0 Å². The number of hydrogen-bond donors (Lipinski definition) is 2. The van der Waals surface area contributed by atoms with Crippen molar-refractivity contribution in [3.05, 3.63) is 28.2 Å². The van der Waals surface area contributed by atoms with E-state index in [2.05, 4.69) is 20.8 Å². The number of nitrogens with two attached hydrogens (primary N) is 1. The van der Waals surface area contributed by atoms with Crippen molar-refractivity contribution >= 4 is 21.6 Å². The predicted octanol–water partition coefficient (Wildman–Crippen LogP) is 1.35. The van der Waals surface area contributed by atoms with Gasteiger partial charge >= 0.3 is 0 Å². The number of hydrogen-bond acceptors (Lipinski definition) is 4. The number of nitrogens with zero attached hydrogens (tertiary/aromatic N) is 1. The average molecular weight is 303 g/mol. The molecule has 5 heteroatoms. The molecule has 0 amide bonds. The van der Waals surface area contributed by atoms with Crippen LogP contribution in [0.2, 0.25) is 0 Å². The molecule has 0 bridgehead atoms. The topological polar surface area (TPSA) is 58.7 Å². The summed E-state index contributed by atoms with van der Waals surface area (Å²) in [6.45, 7) is 2.54. The Kier molecular flexibility index (Phi) is 6.50. The van der Waals surface area contributed by atoms with E-state index in [1.165, 1.54) is 0 Å². The molecule has 0 aliphatic rings. The highest BCUT2D eigenvalue weighted by molar-refractivity contribution is 9.10. The fourth-order valence-corrected chi connectivity index (χ4v) is 2.11. The number of anilines is 1. The SMILES string of the molecule is COCCN(CCO)c1ccc(Br)cc1CN. The Labute approximate surface area is 110 Å². The zero-order chi connectivity index (χ0) is 12.7. The van der Waals surface area contributed by atoms with E-state index in [0.717, 1.165) is 22.3 Å². The van der Waals surface area contributed by atoms with E-state index in [-0.39, 0.29) is 6.61 Å². The second-order valence-corrected chi connectivity index (χ2v) is 4.60. The molecule has 0 aliphatic carbocycles. The summed E-state index contributed by atoms with van der Waals surface area (Å²) in [7, 11) is 1.67. The van der Waals surface area contributed by atoms with Crippen LogP contribution in [-0.4, -0.2) is 38.5 Å². The highest BCUT2D eigenvalue weighted by Gasteiger charge is 2.10. The number of benzene rings is 1. The van der Waals surface area contributed by atoms with Crippen LogP contribution >= 0.6 is 15.9 Å². The third kappa shape index (κ3) is 4.27. The molecule has 4 nitrogen and oxygen atoms in total. The summed E-state index contributed by atoms with van der Waals surface area (Å²) in [5.74, 6) is 0. The smallest absolute Gasteiger partial charge is 0.0637 e. The Hall–Kier alpha value is -0.620. The van der Waals surface area contributed by atoms with Crippen LogP contribution in [0.1, 0.15) is 5.56 Å². The van der Waals surface area contributed by atoms with Crippen molar-refractivity contribution in [3.63, 3.8) is 0 Å². The molecule has 0 saturated carbocycles. The number of rotatable bonds is 7. The second kappa shape index (κ2) is 7.66. The predicted molar refractivity (Wildman–Crippen MR) is 73.2 cm³/mol. The van der Waals surface area contributed by atoms with Gasteiger partial charge in [-0.25, -0.2) is 0 Å². The normalized spacial score (nSPS) is 10.6. The van der Waals surface area contributed by atoms with Gasteiger partial charge < -0.3 is 20.5 Å². The van der Waals surface area contributed by atoms with Gasteiger partial charge in [0.1, 0.15) is 0 Å². The Morgan fingerprint density at radius 1 is 1.41 bits per heavy atom. The van der Waals surface area contributed by atoms with Gasteiger partial charge in [-0.1, -0.05) is 15.9 Å². The molecular weight excluding hydrogens is 284 g/mol. The van der Waals surface area contributed by atoms with Crippen molar-refractivity contribution in [2.24, 2.45) is 5.73 Å². The van der Waals surface area contributed by atoms with Crippen LogP contribution in [0.15, 0.2) is 22.7 Å². The molecule has 0 heterocycles. The maximum atomic E-state index is 9.09. The van der Waals surface area contributed by atoms with Crippen molar-refractivity contribution in [1.29, 1.82) is 0 Å². The van der Waals surface area contributed by atoms with Gasteiger partial charge in [0.05, 0.1) is 13.2 Å². The van der Waals surface area contributed by atoms with E-state index in [4.69, 9.17) is 15.6 Å². The maximum Gasteiger partial charge on any atom is 0.0637 e. The Bertz CT molecular complexity index is 347. The maximum absolute atomic E-state index is 9.09. The lowest BCUT2D eigenvalue weighted by molar-refractivity contribution is 0.203. The lowest BCUT2D eigenvalue weighted by Crippen LogP contribution is -2.31. The summed E-state index contributed by atoms with van der Waals surface area (Å²) in [4.78, 5) is 2.08. The Morgan fingerprint density at radius 2 is 2.18 bits per heavy atom. The first-order valence-corrected chi connectivity index (χ1v) is 6.35. The summed E-state index contributed by atoms with van der Waals surface area (Å²) in [5.41, 5.74) is 7.86. The number of aliphatic hydroxyl groups excluding tert-OH is 1. The van der Waals surface area contributed by atoms with E-state index in [1.807, 2.05) is 18.2 Å². The summed E-state index contributed by atoms with van der Waals surface area (Å²) < 4.78 is 6.09. The van der Waals surface area contributed by atoms with E-state index < -0.39 is 0 Å². The zero-order valence-electron chi connectivity index (χ0n) is 10.0. The first-order valence-electron chi connectivity index (χ1n) is 5.56. The van der Waals surface area contributed by atoms with Gasteiger partial charge in [-0.3, -0.25) is 0 Å². The number of methoxy groups -OCH3 is 1. The van der Waals surface area contributed by atoms with Gasteiger partial charge in [0, 0.05) is 36.9 Å². The second-order valence-electron chi connectivity index (χ2n) is 3.68. The van der Waals surface area contributed by atoms with Crippen LogP contribution in [-0.2, 0) is 11.3 Å². The molecule has 0 radical (unpaired) electrons. The average Bonchev–Trinajstić information content (AvgIpc) is 2.34. The van der Waals surface area contributed by atoms with Crippen LogP contribution < -0.4 is 10.6 Å². The van der Waals surface area contributed by atoms with Crippen molar-refractivity contribution in [3.8, 4) is 0 Å². The molecule has 0 fully saturated rings. The molecule has 1 aromatic carbocycles. The molecule has 0 atom stereocenters. The van der Waals surface area contributed by atoms with Crippen LogP contribution in [0, 0.1) is 0 Å². The molecule has 0 unspecified atom stereocenters. The monoisotopic (exact) mass is 302 g/mol. The van der Waals surface area contributed by atoms with Crippen molar-refractivity contribution in [2.75, 3.05) is 38.3 Å². The van der Waals surface area contributed by atoms with E-state index >= 15 is 0 Å². The summed E-state index contributed by atoms with van der Waals surface area (Å²) in [5, 5.41) is 9.09. The minimum absolute atomic E-state index is 0.115. The number of ether oxygens (including phenoxy) is 1. The highest BCUT2D eigenvalue weighted by atomic mass is 79.9. The Balaban J connectivity index is 2.91. The highest BCUT2D eigenvalue weighted by Crippen LogP contribution is 2.24. The molecule has 17 heavy (non-hydrogen) atoms. The Morgan fingerprint density at radius 3 is 2.76 bits per heavy atom. The molecule has 0 aliphatic heterocycles. The third-order valence-corrected chi connectivity index (χ3v) is 3.03. The zero-order valence-corrected chi connectivity index (χ0v) is 11.6. The number of aliphatic hydroxyl groups is 1. The van der Waals surface area contributed by atoms with Crippen molar-refractivity contribution < 1.29 is 9.84 Å². The molecule has 0 aromatic heterocycles. The quantitative estimate of drug-likeness (QED) is 0.798. The van der Waals surface area contributed by atoms with Crippen LogP contribution in [0.3, 0.4) is 0 Å². The van der Waals surface area contributed by atoms with Gasteiger partial charge in [-0.15, -0.1) is 0 Å². The van der Waals surface area contributed by atoms with Gasteiger partial charge in [-0.2, -0.15) is 0 Å². The lowest BCUT2D eigenvalue weighted by Gasteiger charge is -2.26. The number of halogens is 1. The van der Waals surface area contributed by atoms with Crippen LogP contribution in [0.5, 0.6) is 0 Å². The van der Waals surface area contributed by atoms with E-state index in [0.29, 0.717) is 19.7 Å². The first-order chi connectivity index (χ1) is 8.22. The molecular formula is C12H19BrN2O2.